The van der Waals surface area contributed by atoms with Gasteiger partial charge in [-0.15, -0.1) is 0 Å². The second-order valence-corrected chi connectivity index (χ2v) is 6.67. The molecule has 2 aliphatic rings. The molecule has 0 bridgehead atoms. The van der Waals surface area contributed by atoms with E-state index in [0.717, 1.165) is 24.9 Å². The zero-order valence-corrected chi connectivity index (χ0v) is 13.1. The number of aromatic nitrogens is 2. The van der Waals surface area contributed by atoms with Gasteiger partial charge >= 0.3 is 0 Å². The van der Waals surface area contributed by atoms with Crippen molar-refractivity contribution in [3.8, 4) is 0 Å². The highest BCUT2D eigenvalue weighted by Crippen LogP contribution is 2.40. The first-order valence-corrected chi connectivity index (χ1v) is 8.42. The fourth-order valence-electron chi connectivity index (χ4n) is 3.29. The molecule has 22 heavy (non-hydrogen) atoms. The van der Waals surface area contributed by atoms with Gasteiger partial charge in [-0.2, -0.15) is 16.3 Å². The summed E-state index contributed by atoms with van der Waals surface area (Å²) in [7, 11) is 0. The van der Waals surface area contributed by atoms with Gasteiger partial charge in [0.05, 0.1) is 11.7 Å². The first-order chi connectivity index (χ1) is 10.7. The van der Waals surface area contributed by atoms with E-state index in [9.17, 15) is 4.79 Å². The Hall–Kier alpha value is -1.73. The van der Waals surface area contributed by atoms with Crippen LogP contribution in [0, 0.1) is 12.8 Å². The SMILES string of the molecule is Cc1noc([C@H]2C[C@@H]3CCN(C(=O)c4ccsc4)C[C@H]3O2)n1. The van der Waals surface area contributed by atoms with Crippen LogP contribution in [0.25, 0.3) is 0 Å². The molecule has 0 unspecified atom stereocenters. The van der Waals surface area contributed by atoms with Crippen LogP contribution in [0.1, 0.15) is 41.0 Å². The van der Waals surface area contributed by atoms with E-state index >= 15 is 0 Å². The highest BCUT2D eigenvalue weighted by Gasteiger charge is 2.42. The van der Waals surface area contributed by atoms with E-state index in [1.165, 1.54) is 0 Å². The minimum absolute atomic E-state index is 0.0635. The monoisotopic (exact) mass is 319 g/mol. The van der Waals surface area contributed by atoms with Crippen molar-refractivity contribution in [2.75, 3.05) is 13.1 Å². The standard InChI is InChI=1S/C15H17N3O3S/c1-9-16-14(21-17-9)12-6-10-2-4-18(7-13(10)20-12)15(19)11-3-5-22-8-11/h3,5,8,10,12-13H,2,4,6-7H2,1H3/t10-,12+,13+/m0/s1. The Kier molecular flexibility index (Phi) is 3.46. The number of piperidine rings is 1. The van der Waals surface area contributed by atoms with E-state index in [-0.39, 0.29) is 18.1 Å². The van der Waals surface area contributed by atoms with Crippen molar-refractivity contribution in [3.63, 3.8) is 0 Å². The maximum Gasteiger partial charge on any atom is 0.255 e. The lowest BCUT2D eigenvalue weighted by molar-refractivity contribution is -0.0137. The van der Waals surface area contributed by atoms with Crippen LogP contribution in [0.3, 0.4) is 0 Å². The number of carbonyl (C=O) groups excluding carboxylic acids is 1. The second-order valence-electron chi connectivity index (χ2n) is 5.89. The molecule has 2 aromatic heterocycles. The highest BCUT2D eigenvalue weighted by atomic mass is 32.1. The largest absolute Gasteiger partial charge is 0.363 e. The highest BCUT2D eigenvalue weighted by molar-refractivity contribution is 7.08. The van der Waals surface area contributed by atoms with Gasteiger partial charge in [-0.25, -0.2) is 0 Å². The normalized spacial score (nSPS) is 27.9. The van der Waals surface area contributed by atoms with Crippen molar-refractivity contribution in [1.82, 2.24) is 15.0 Å². The van der Waals surface area contributed by atoms with Gasteiger partial charge in [0, 0.05) is 18.5 Å². The molecule has 3 atom stereocenters. The summed E-state index contributed by atoms with van der Waals surface area (Å²) in [5, 5.41) is 7.65. The third kappa shape index (κ3) is 2.44. The number of fused-ring (bicyclic) bond motifs is 1. The van der Waals surface area contributed by atoms with Crippen LogP contribution in [-0.4, -0.2) is 40.1 Å². The summed E-state index contributed by atoms with van der Waals surface area (Å²) in [4.78, 5) is 18.6. The average molecular weight is 319 g/mol. The third-order valence-electron chi connectivity index (χ3n) is 4.43. The summed E-state index contributed by atoms with van der Waals surface area (Å²) in [5.74, 6) is 1.74. The van der Waals surface area contributed by atoms with E-state index in [1.807, 2.05) is 21.7 Å². The summed E-state index contributed by atoms with van der Waals surface area (Å²) in [6.07, 6.45) is 1.79. The molecule has 7 heteroatoms. The summed E-state index contributed by atoms with van der Waals surface area (Å²) >= 11 is 1.54. The van der Waals surface area contributed by atoms with Gasteiger partial charge in [-0.05, 0) is 37.1 Å². The minimum atomic E-state index is -0.132. The number of aryl methyl sites for hydroxylation is 1. The summed E-state index contributed by atoms with van der Waals surface area (Å²) in [5.41, 5.74) is 0.769. The van der Waals surface area contributed by atoms with Crippen LogP contribution in [0.15, 0.2) is 21.3 Å². The lowest BCUT2D eigenvalue weighted by Gasteiger charge is -2.33. The Morgan fingerprint density at radius 1 is 1.50 bits per heavy atom. The van der Waals surface area contributed by atoms with E-state index in [2.05, 4.69) is 10.1 Å². The zero-order chi connectivity index (χ0) is 15.1. The molecule has 2 fully saturated rings. The zero-order valence-electron chi connectivity index (χ0n) is 12.3. The fraction of sp³-hybridized carbons (Fsp3) is 0.533. The molecule has 116 valence electrons. The Morgan fingerprint density at radius 2 is 2.41 bits per heavy atom. The van der Waals surface area contributed by atoms with Crippen molar-refractivity contribution >= 4 is 17.2 Å². The number of carbonyl (C=O) groups is 1. The molecule has 4 heterocycles. The van der Waals surface area contributed by atoms with E-state index in [1.54, 1.807) is 18.3 Å². The summed E-state index contributed by atoms with van der Waals surface area (Å²) < 4.78 is 11.3. The maximum atomic E-state index is 12.4. The van der Waals surface area contributed by atoms with Gasteiger partial charge in [0.15, 0.2) is 5.82 Å². The van der Waals surface area contributed by atoms with Gasteiger partial charge in [0.1, 0.15) is 6.10 Å². The fourth-order valence-corrected chi connectivity index (χ4v) is 3.92. The maximum absolute atomic E-state index is 12.4. The topological polar surface area (TPSA) is 68.5 Å². The molecule has 0 saturated carbocycles. The van der Waals surface area contributed by atoms with Crippen LogP contribution in [-0.2, 0) is 4.74 Å². The Morgan fingerprint density at radius 3 is 3.14 bits per heavy atom. The molecule has 2 aromatic rings. The molecular formula is C15H17N3O3S. The predicted molar refractivity (Wildman–Crippen MR) is 79.6 cm³/mol. The van der Waals surface area contributed by atoms with E-state index < -0.39 is 0 Å². The van der Waals surface area contributed by atoms with Crippen molar-refractivity contribution in [2.45, 2.75) is 32.0 Å². The number of rotatable bonds is 2. The predicted octanol–water partition coefficient (Wildman–Crippen LogP) is 2.43. The number of amides is 1. The van der Waals surface area contributed by atoms with Crippen LogP contribution in [0.5, 0.6) is 0 Å². The van der Waals surface area contributed by atoms with Crippen molar-refractivity contribution in [2.24, 2.45) is 5.92 Å². The molecule has 0 N–H and O–H groups in total. The Labute approximate surface area is 132 Å². The van der Waals surface area contributed by atoms with Gasteiger partial charge in [0.25, 0.3) is 11.8 Å². The minimum Gasteiger partial charge on any atom is -0.363 e. The lowest BCUT2D eigenvalue weighted by Crippen LogP contribution is -2.45. The molecule has 2 aliphatic heterocycles. The Balaban J connectivity index is 1.44. The molecule has 1 amide bonds. The van der Waals surface area contributed by atoms with Gasteiger partial charge in [0.2, 0.25) is 0 Å². The quantitative estimate of drug-likeness (QED) is 0.850. The van der Waals surface area contributed by atoms with Gasteiger partial charge in [-0.3, -0.25) is 4.79 Å². The Bertz CT molecular complexity index is 669. The smallest absolute Gasteiger partial charge is 0.255 e. The second kappa shape index (κ2) is 5.48. The third-order valence-corrected chi connectivity index (χ3v) is 5.11. The van der Waals surface area contributed by atoms with Crippen molar-refractivity contribution in [3.05, 3.63) is 34.1 Å². The summed E-state index contributed by atoms with van der Waals surface area (Å²) in [6, 6.07) is 1.87. The number of hydrogen-bond acceptors (Lipinski definition) is 6. The van der Waals surface area contributed by atoms with Gasteiger partial charge < -0.3 is 14.2 Å². The van der Waals surface area contributed by atoms with Crippen molar-refractivity contribution in [1.29, 1.82) is 0 Å². The number of nitrogens with zero attached hydrogens (tertiary/aromatic N) is 3. The first kappa shape index (κ1) is 13.9. The van der Waals surface area contributed by atoms with Crippen LogP contribution in [0.4, 0.5) is 0 Å². The molecule has 2 saturated heterocycles. The molecule has 6 nitrogen and oxygen atoms in total. The number of likely N-dealkylation sites (tertiary alicyclic amines) is 1. The molecule has 0 spiro atoms. The molecule has 0 radical (unpaired) electrons. The molecule has 4 rings (SSSR count). The van der Waals surface area contributed by atoms with E-state index in [4.69, 9.17) is 9.26 Å². The molecule has 0 aliphatic carbocycles. The average Bonchev–Trinajstić information content (AvgIpc) is 3.25. The van der Waals surface area contributed by atoms with Gasteiger partial charge in [-0.1, -0.05) is 5.16 Å². The van der Waals surface area contributed by atoms with Crippen LogP contribution in [0.2, 0.25) is 0 Å². The van der Waals surface area contributed by atoms with Crippen LogP contribution >= 0.6 is 11.3 Å². The van der Waals surface area contributed by atoms with Crippen LogP contribution < -0.4 is 0 Å². The number of ether oxygens (including phenoxy) is 1. The number of thiophene rings is 1. The van der Waals surface area contributed by atoms with E-state index in [0.29, 0.717) is 24.2 Å². The van der Waals surface area contributed by atoms with Crippen molar-refractivity contribution < 1.29 is 14.1 Å². The lowest BCUT2D eigenvalue weighted by atomic mass is 9.91. The molecular weight excluding hydrogens is 302 g/mol. The number of hydrogen-bond donors (Lipinski definition) is 0. The first-order valence-electron chi connectivity index (χ1n) is 7.48. The summed E-state index contributed by atoms with van der Waals surface area (Å²) in [6.45, 7) is 3.23. The molecule has 0 aromatic carbocycles.